The third-order valence-electron chi connectivity index (χ3n) is 8.53. The fraction of sp³-hybridized carbons (Fsp3) is 0.289. The van der Waals surface area contributed by atoms with E-state index in [4.69, 9.17) is 4.74 Å². The van der Waals surface area contributed by atoms with Gasteiger partial charge in [0.1, 0.15) is 11.9 Å². The van der Waals surface area contributed by atoms with Crippen LogP contribution >= 0.6 is 0 Å². The van der Waals surface area contributed by atoms with Crippen molar-refractivity contribution in [3.05, 3.63) is 114 Å². The molecule has 0 spiro atoms. The smallest absolute Gasteiger partial charge is 0.411 e. The number of aliphatic hydroxyl groups is 1. The highest BCUT2D eigenvalue weighted by Crippen LogP contribution is 2.28. The van der Waals surface area contributed by atoms with Crippen LogP contribution in [-0.4, -0.2) is 72.5 Å². The average molecular weight is 681 g/mol. The molecule has 4 aromatic rings. The number of phenols is 1. The fourth-order valence-electron chi connectivity index (χ4n) is 5.76. The normalized spacial score (nSPS) is 13.9. The number of nitrogens with one attached hydrogen (secondary N) is 5. The number of phenolic OH excluding ortho intramolecular Hbond substituents is 1. The molecule has 4 aromatic carbocycles. The number of nitrogens with zero attached hydrogens (tertiary/aromatic N) is 1. The molecular weight excluding hydrogens is 636 g/mol. The van der Waals surface area contributed by atoms with E-state index in [1.165, 1.54) is 12.1 Å². The summed E-state index contributed by atoms with van der Waals surface area (Å²) in [6, 6.07) is 29.7. The number of carbonyl (C=O) groups excluding carboxylic acids is 3. The highest BCUT2D eigenvalue weighted by Gasteiger charge is 2.23. The van der Waals surface area contributed by atoms with Gasteiger partial charge in [0.15, 0.2) is 0 Å². The molecule has 0 unspecified atom stereocenters. The van der Waals surface area contributed by atoms with E-state index in [1.54, 1.807) is 6.07 Å². The molecule has 1 atom stereocenters. The van der Waals surface area contributed by atoms with Gasteiger partial charge in [-0.2, -0.15) is 0 Å². The van der Waals surface area contributed by atoms with Crippen LogP contribution in [0.1, 0.15) is 35.6 Å². The van der Waals surface area contributed by atoms with Crippen LogP contribution in [0.2, 0.25) is 0 Å². The Hall–Kier alpha value is -5.43. The van der Waals surface area contributed by atoms with Crippen LogP contribution in [0.5, 0.6) is 5.75 Å². The first kappa shape index (κ1) is 35.9. The van der Waals surface area contributed by atoms with Gasteiger partial charge in [-0.25, -0.2) is 9.59 Å². The van der Waals surface area contributed by atoms with Crippen LogP contribution < -0.4 is 26.6 Å². The van der Waals surface area contributed by atoms with Gasteiger partial charge in [-0.05, 0) is 53.3 Å². The van der Waals surface area contributed by atoms with Crippen molar-refractivity contribution in [2.24, 2.45) is 0 Å². The maximum absolute atomic E-state index is 12.7. The van der Waals surface area contributed by atoms with Crippen LogP contribution in [0.25, 0.3) is 11.1 Å². The van der Waals surface area contributed by atoms with Crippen LogP contribution in [0.15, 0.2) is 97.1 Å². The number of amides is 4. The number of carbonyl (C=O) groups is 3. The van der Waals surface area contributed by atoms with Crippen LogP contribution in [0.3, 0.4) is 0 Å². The lowest BCUT2D eigenvalue weighted by Crippen LogP contribution is -2.44. The molecule has 0 aromatic heterocycles. The van der Waals surface area contributed by atoms with Crippen molar-refractivity contribution >= 4 is 29.9 Å². The fourth-order valence-corrected chi connectivity index (χ4v) is 5.76. The van der Waals surface area contributed by atoms with E-state index in [0.29, 0.717) is 43.8 Å². The molecule has 7 N–H and O–H groups in total. The van der Waals surface area contributed by atoms with E-state index in [9.17, 15) is 24.6 Å². The molecule has 262 valence electrons. The Bertz CT molecular complexity index is 1700. The van der Waals surface area contributed by atoms with Crippen molar-refractivity contribution in [2.75, 3.05) is 43.4 Å². The number of para-hydroxylation sites is 1. The summed E-state index contributed by atoms with van der Waals surface area (Å²) < 4.78 is 5.73. The van der Waals surface area contributed by atoms with Gasteiger partial charge >= 0.3 is 12.1 Å². The summed E-state index contributed by atoms with van der Waals surface area (Å²) in [5.74, 6) is -0.0716. The monoisotopic (exact) mass is 680 g/mol. The van der Waals surface area contributed by atoms with Crippen molar-refractivity contribution in [2.45, 2.75) is 38.1 Å². The second-order valence-corrected chi connectivity index (χ2v) is 12.1. The summed E-state index contributed by atoms with van der Waals surface area (Å²) in [6.07, 6.45) is 0.488. The molecular formula is C38H44N6O6. The highest BCUT2D eigenvalue weighted by atomic mass is 16.6. The largest absolute Gasteiger partial charge is 0.506 e. The minimum atomic E-state index is -0.821. The van der Waals surface area contributed by atoms with Crippen LogP contribution in [0, 0.1) is 0 Å². The van der Waals surface area contributed by atoms with E-state index in [0.717, 1.165) is 48.2 Å². The second kappa shape index (κ2) is 18.4. The first-order chi connectivity index (χ1) is 24.4. The number of aromatic hydroxyl groups is 1. The van der Waals surface area contributed by atoms with Crippen molar-refractivity contribution in [3.63, 3.8) is 0 Å². The number of aliphatic hydroxyl groups excluding tert-OH is 1. The van der Waals surface area contributed by atoms with Crippen molar-refractivity contribution < 1.29 is 29.3 Å². The number of ether oxygens (including phenoxy) is 1. The first-order valence-corrected chi connectivity index (χ1v) is 16.7. The quantitative estimate of drug-likeness (QED) is 0.0684. The lowest BCUT2D eigenvalue weighted by molar-refractivity contribution is -0.105. The van der Waals surface area contributed by atoms with Gasteiger partial charge in [-0.1, -0.05) is 78.9 Å². The maximum atomic E-state index is 12.7. The molecule has 1 aliphatic rings. The molecule has 1 saturated heterocycles. The van der Waals surface area contributed by atoms with Gasteiger partial charge in [0.2, 0.25) is 6.41 Å². The van der Waals surface area contributed by atoms with Gasteiger partial charge in [-0.15, -0.1) is 0 Å². The number of piperidine rings is 1. The molecule has 1 fully saturated rings. The zero-order valence-electron chi connectivity index (χ0n) is 27.8. The number of hydrogen-bond acceptors (Lipinski definition) is 8. The summed E-state index contributed by atoms with van der Waals surface area (Å²) in [6.45, 7) is 3.96. The van der Waals surface area contributed by atoms with Gasteiger partial charge in [0.25, 0.3) is 0 Å². The average Bonchev–Trinajstić information content (AvgIpc) is 3.13. The van der Waals surface area contributed by atoms with E-state index >= 15 is 0 Å². The standard InChI is InChI=1S/C38H44N6O6/c45-26-42-34-22-30(14-15-35(34)46)36(47)25-39-23-27-10-12-28(13-11-27)24-41-37(48)40-18-21-44-19-16-31(17-20-44)50-38(49)43-33-9-5-4-8-32(33)29-6-2-1-3-7-29/h1-15,22,26,31,36,39,46-47H,16-21,23-25H2,(H,42,45)(H,43,49)(H2,40,41,48)/t36-/m1/s1. The van der Waals surface area contributed by atoms with E-state index in [-0.39, 0.29) is 30.1 Å². The maximum Gasteiger partial charge on any atom is 0.411 e. The third kappa shape index (κ3) is 10.8. The van der Waals surface area contributed by atoms with Gasteiger partial charge in [0.05, 0.1) is 17.5 Å². The molecule has 0 saturated carbocycles. The summed E-state index contributed by atoms with van der Waals surface area (Å²) in [7, 11) is 0. The number of likely N-dealkylation sites (tertiary alicyclic amines) is 1. The first-order valence-electron chi connectivity index (χ1n) is 16.7. The molecule has 1 aliphatic heterocycles. The second-order valence-electron chi connectivity index (χ2n) is 12.1. The summed E-state index contributed by atoms with van der Waals surface area (Å²) >= 11 is 0. The van der Waals surface area contributed by atoms with E-state index in [1.807, 2.05) is 78.9 Å². The highest BCUT2D eigenvalue weighted by molar-refractivity contribution is 5.91. The van der Waals surface area contributed by atoms with Crippen LogP contribution in [-0.2, 0) is 22.6 Å². The van der Waals surface area contributed by atoms with Crippen molar-refractivity contribution in [1.82, 2.24) is 20.9 Å². The number of rotatable bonds is 15. The Labute approximate surface area is 291 Å². The van der Waals surface area contributed by atoms with E-state index in [2.05, 4.69) is 31.5 Å². The number of urea groups is 1. The zero-order valence-corrected chi connectivity index (χ0v) is 27.8. The van der Waals surface area contributed by atoms with Gasteiger partial charge in [-0.3, -0.25) is 10.1 Å². The minimum Gasteiger partial charge on any atom is -0.506 e. The van der Waals surface area contributed by atoms with E-state index < -0.39 is 12.2 Å². The topological polar surface area (TPSA) is 164 Å². The van der Waals surface area contributed by atoms with Gasteiger partial charge < -0.3 is 41.1 Å². The van der Waals surface area contributed by atoms with Crippen molar-refractivity contribution in [1.29, 1.82) is 0 Å². The molecule has 5 rings (SSSR count). The number of benzene rings is 4. The Kier molecular flexibility index (Phi) is 13.2. The predicted octanol–water partition coefficient (Wildman–Crippen LogP) is 4.96. The number of anilines is 2. The number of hydrogen-bond donors (Lipinski definition) is 7. The van der Waals surface area contributed by atoms with Crippen molar-refractivity contribution in [3.8, 4) is 16.9 Å². The summed E-state index contributed by atoms with van der Waals surface area (Å²) in [4.78, 5) is 38.0. The third-order valence-corrected chi connectivity index (χ3v) is 8.53. The molecule has 12 heteroatoms. The lowest BCUT2D eigenvalue weighted by atomic mass is 10.0. The molecule has 0 bridgehead atoms. The Morgan fingerprint density at radius 3 is 2.30 bits per heavy atom. The lowest BCUT2D eigenvalue weighted by Gasteiger charge is -2.31. The zero-order chi connectivity index (χ0) is 35.1. The van der Waals surface area contributed by atoms with Gasteiger partial charge in [0, 0.05) is 51.4 Å². The summed E-state index contributed by atoms with van der Waals surface area (Å²) in [5, 5.41) is 34.6. The Morgan fingerprint density at radius 2 is 1.56 bits per heavy atom. The van der Waals surface area contributed by atoms with Crippen LogP contribution in [0.4, 0.5) is 21.0 Å². The predicted molar refractivity (Wildman–Crippen MR) is 193 cm³/mol. The Balaban J connectivity index is 0.933. The molecule has 50 heavy (non-hydrogen) atoms. The molecule has 1 heterocycles. The minimum absolute atomic E-state index is 0.0716. The molecule has 0 aliphatic carbocycles. The SMILES string of the molecule is O=CNc1cc([C@H](O)CNCc2ccc(CNC(=O)NCCN3CCC(OC(=O)Nc4ccccc4-c4ccccc4)CC3)cc2)ccc1O. The summed E-state index contributed by atoms with van der Waals surface area (Å²) in [5.41, 5.74) is 5.44. The molecule has 12 nitrogen and oxygen atoms in total. The molecule has 0 radical (unpaired) electrons. The molecule has 4 amide bonds. The Morgan fingerprint density at radius 1 is 0.860 bits per heavy atom.